The molecule has 5 nitrogen and oxygen atoms in total. The third-order valence-corrected chi connectivity index (χ3v) is 1.57. The lowest BCUT2D eigenvalue weighted by atomic mass is 10.3. The summed E-state index contributed by atoms with van der Waals surface area (Å²) in [6.45, 7) is 0. The Balaban J connectivity index is 3.22. The molecule has 0 aromatic carbocycles. The van der Waals surface area contributed by atoms with E-state index in [1.807, 2.05) is 0 Å². The highest BCUT2D eigenvalue weighted by Crippen LogP contribution is 2.21. The number of aromatic nitrogens is 2. The van der Waals surface area contributed by atoms with Crippen molar-refractivity contribution in [3.8, 4) is 5.88 Å². The molecule has 82 valence electrons. The van der Waals surface area contributed by atoms with Crippen LogP contribution in [0.15, 0.2) is 6.20 Å². The number of halogens is 2. The zero-order valence-corrected chi connectivity index (χ0v) is 8.03. The van der Waals surface area contributed by atoms with Gasteiger partial charge in [-0.25, -0.2) is 23.5 Å². The second-order valence-corrected chi connectivity index (χ2v) is 2.44. The molecule has 0 aliphatic rings. The number of hydrogen-bond acceptors (Lipinski definition) is 5. The normalized spacial score (nSPS) is 10.2. The SMILES string of the molecule is COC(=O)c1nc(OC)cnc1C(F)F. The fraction of sp³-hybridized carbons (Fsp3) is 0.375. The fourth-order valence-corrected chi connectivity index (χ4v) is 0.887. The number of carbonyl (C=O) groups excluding carboxylic acids is 1. The lowest BCUT2D eigenvalue weighted by Gasteiger charge is -2.06. The van der Waals surface area contributed by atoms with E-state index in [4.69, 9.17) is 0 Å². The minimum Gasteiger partial charge on any atom is -0.480 e. The van der Waals surface area contributed by atoms with Crippen molar-refractivity contribution >= 4 is 5.97 Å². The molecule has 1 rings (SSSR count). The highest BCUT2D eigenvalue weighted by Gasteiger charge is 2.23. The largest absolute Gasteiger partial charge is 0.480 e. The van der Waals surface area contributed by atoms with Gasteiger partial charge in [-0.2, -0.15) is 0 Å². The van der Waals surface area contributed by atoms with Gasteiger partial charge in [0.05, 0.1) is 20.4 Å². The van der Waals surface area contributed by atoms with Gasteiger partial charge in [-0.15, -0.1) is 0 Å². The van der Waals surface area contributed by atoms with E-state index in [1.54, 1.807) is 0 Å². The minimum atomic E-state index is -2.89. The number of hydrogen-bond donors (Lipinski definition) is 0. The molecule has 1 heterocycles. The van der Waals surface area contributed by atoms with Crippen LogP contribution in [0.4, 0.5) is 8.78 Å². The molecule has 0 saturated carbocycles. The van der Waals surface area contributed by atoms with Gasteiger partial charge in [0.15, 0.2) is 5.69 Å². The van der Waals surface area contributed by atoms with Gasteiger partial charge in [-0.3, -0.25) is 0 Å². The van der Waals surface area contributed by atoms with Gasteiger partial charge in [-0.05, 0) is 0 Å². The van der Waals surface area contributed by atoms with E-state index in [0.717, 1.165) is 13.3 Å². The molecule has 0 amide bonds. The highest BCUT2D eigenvalue weighted by atomic mass is 19.3. The van der Waals surface area contributed by atoms with E-state index in [-0.39, 0.29) is 5.88 Å². The van der Waals surface area contributed by atoms with Crippen LogP contribution in [0.5, 0.6) is 5.88 Å². The van der Waals surface area contributed by atoms with Gasteiger partial charge in [-0.1, -0.05) is 0 Å². The summed E-state index contributed by atoms with van der Waals surface area (Å²) in [6.07, 6.45) is -1.88. The van der Waals surface area contributed by atoms with Crippen LogP contribution in [-0.2, 0) is 4.74 Å². The third kappa shape index (κ3) is 2.36. The van der Waals surface area contributed by atoms with Crippen LogP contribution in [0, 0.1) is 0 Å². The molecule has 0 atom stereocenters. The number of alkyl halides is 2. The highest BCUT2D eigenvalue weighted by molar-refractivity contribution is 5.88. The van der Waals surface area contributed by atoms with E-state index in [9.17, 15) is 13.6 Å². The average Bonchev–Trinajstić information content (AvgIpc) is 2.26. The number of ether oxygens (including phenoxy) is 2. The quantitative estimate of drug-likeness (QED) is 0.713. The Morgan fingerprint density at radius 3 is 2.60 bits per heavy atom. The summed E-state index contributed by atoms with van der Waals surface area (Å²) in [4.78, 5) is 18.0. The van der Waals surface area contributed by atoms with Crippen LogP contribution in [0.2, 0.25) is 0 Å². The van der Waals surface area contributed by atoms with Gasteiger partial charge < -0.3 is 9.47 Å². The predicted octanol–water partition coefficient (Wildman–Crippen LogP) is 1.21. The Morgan fingerprint density at radius 2 is 2.13 bits per heavy atom. The number of methoxy groups -OCH3 is 2. The summed E-state index contributed by atoms with van der Waals surface area (Å²) < 4.78 is 33.8. The van der Waals surface area contributed by atoms with Crippen molar-refractivity contribution in [2.24, 2.45) is 0 Å². The van der Waals surface area contributed by atoms with Gasteiger partial charge >= 0.3 is 5.97 Å². The van der Waals surface area contributed by atoms with E-state index in [1.165, 1.54) is 7.11 Å². The maximum absolute atomic E-state index is 12.4. The first-order valence-electron chi connectivity index (χ1n) is 3.87. The molecule has 1 aromatic heterocycles. The van der Waals surface area contributed by atoms with Crippen molar-refractivity contribution < 1.29 is 23.0 Å². The van der Waals surface area contributed by atoms with Crippen LogP contribution in [0.25, 0.3) is 0 Å². The van der Waals surface area contributed by atoms with E-state index >= 15 is 0 Å². The number of rotatable bonds is 3. The van der Waals surface area contributed by atoms with Crippen molar-refractivity contribution in [2.75, 3.05) is 14.2 Å². The summed E-state index contributed by atoms with van der Waals surface area (Å²) in [6, 6.07) is 0. The lowest BCUT2D eigenvalue weighted by Crippen LogP contribution is -2.11. The average molecular weight is 218 g/mol. The van der Waals surface area contributed by atoms with Crippen LogP contribution < -0.4 is 4.74 Å². The molecule has 0 radical (unpaired) electrons. The summed E-state index contributed by atoms with van der Waals surface area (Å²) in [5.41, 5.74) is -1.26. The summed E-state index contributed by atoms with van der Waals surface area (Å²) in [5, 5.41) is 0. The standard InChI is InChI=1S/C8H8F2N2O3/c1-14-4-3-11-5(7(9)10)6(12-4)8(13)15-2/h3,7H,1-2H3. The summed E-state index contributed by atoms with van der Waals surface area (Å²) >= 11 is 0. The molecule has 7 heteroatoms. The minimum absolute atomic E-state index is 0.0280. The summed E-state index contributed by atoms with van der Waals surface area (Å²) in [5.74, 6) is -1.00. The van der Waals surface area contributed by atoms with E-state index in [0.29, 0.717) is 0 Å². The zero-order valence-electron chi connectivity index (χ0n) is 8.03. The molecule has 15 heavy (non-hydrogen) atoms. The molecule has 0 aliphatic heterocycles. The molecular formula is C8H8F2N2O3. The predicted molar refractivity (Wildman–Crippen MR) is 44.9 cm³/mol. The van der Waals surface area contributed by atoms with Gasteiger partial charge in [0.2, 0.25) is 5.88 Å². The number of esters is 1. The molecule has 0 fully saturated rings. The van der Waals surface area contributed by atoms with Crippen molar-refractivity contribution in [1.29, 1.82) is 0 Å². The number of carbonyl (C=O) groups is 1. The molecule has 0 bridgehead atoms. The monoisotopic (exact) mass is 218 g/mol. The van der Waals surface area contributed by atoms with Gasteiger partial charge in [0.25, 0.3) is 6.43 Å². The number of nitrogens with zero attached hydrogens (tertiary/aromatic N) is 2. The smallest absolute Gasteiger partial charge is 0.358 e. The van der Waals surface area contributed by atoms with Crippen LogP contribution >= 0.6 is 0 Å². The molecule has 0 unspecified atom stereocenters. The lowest BCUT2D eigenvalue weighted by molar-refractivity contribution is 0.0577. The molecule has 0 aliphatic carbocycles. The molecule has 0 spiro atoms. The Bertz CT molecular complexity index is 371. The Morgan fingerprint density at radius 1 is 1.47 bits per heavy atom. The maximum Gasteiger partial charge on any atom is 0.358 e. The van der Waals surface area contributed by atoms with E-state index < -0.39 is 23.8 Å². The van der Waals surface area contributed by atoms with Crippen LogP contribution in [-0.4, -0.2) is 30.2 Å². The zero-order chi connectivity index (χ0) is 11.4. The first kappa shape index (κ1) is 11.3. The summed E-state index contributed by atoms with van der Waals surface area (Å²) in [7, 11) is 2.35. The van der Waals surface area contributed by atoms with Crippen molar-refractivity contribution in [2.45, 2.75) is 6.43 Å². The molecule has 0 N–H and O–H groups in total. The first-order valence-corrected chi connectivity index (χ1v) is 3.87. The van der Waals surface area contributed by atoms with E-state index in [2.05, 4.69) is 19.4 Å². The van der Waals surface area contributed by atoms with Gasteiger partial charge in [0.1, 0.15) is 5.69 Å². The Hall–Kier alpha value is -1.79. The molecule has 1 aromatic rings. The van der Waals surface area contributed by atoms with Gasteiger partial charge in [0, 0.05) is 0 Å². The second-order valence-electron chi connectivity index (χ2n) is 2.44. The maximum atomic E-state index is 12.4. The van der Waals surface area contributed by atoms with Crippen molar-refractivity contribution in [3.05, 3.63) is 17.6 Å². The fourth-order valence-electron chi connectivity index (χ4n) is 0.887. The topological polar surface area (TPSA) is 61.3 Å². The van der Waals surface area contributed by atoms with Crippen LogP contribution in [0.1, 0.15) is 22.6 Å². The van der Waals surface area contributed by atoms with Crippen LogP contribution in [0.3, 0.4) is 0 Å². The first-order chi connectivity index (χ1) is 7.10. The second kappa shape index (κ2) is 4.63. The van der Waals surface area contributed by atoms with Crippen molar-refractivity contribution in [1.82, 2.24) is 9.97 Å². The third-order valence-electron chi connectivity index (χ3n) is 1.57. The Kier molecular flexibility index (Phi) is 3.48. The molecular weight excluding hydrogens is 210 g/mol. The Labute approximate surface area is 84.1 Å². The van der Waals surface area contributed by atoms with Crippen molar-refractivity contribution in [3.63, 3.8) is 0 Å². The molecule has 0 saturated heterocycles.